The van der Waals surface area contributed by atoms with Crippen molar-refractivity contribution in [2.75, 3.05) is 18.4 Å². The van der Waals surface area contributed by atoms with Gasteiger partial charge < -0.3 is 11.1 Å². The molecule has 1 atom stereocenters. The molecule has 1 heterocycles. The van der Waals surface area contributed by atoms with Gasteiger partial charge in [-0.1, -0.05) is 26.0 Å². The Labute approximate surface area is 121 Å². The fourth-order valence-electron chi connectivity index (χ4n) is 2.83. The molecular formula is C16H25N3O. The molecule has 110 valence electrons. The number of likely N-dealkylation sites (tertiary alicyclic amines) is 1. The second kappa shape index (κ2) is 5.94. The van der Waals surface area contributed by atoms with Crippen LogP contribution in [0, 0.1) is 5.41 Å². The van der Waals surface area contributed by atoms with Crippen LogP contribution in [0.2, 0.25) is 0 Å². The van der Waals surface area contributed by atoms with Crippen LogP contribution >= 0.6 is 0 Å². The zero-order valence-electron chi connectivity index (χ0n) is 12.6. The van der Waals surface area contributed by atoms with E-state index in [2.05, 4.69) is 30.1 Å². The Hall–Kier alpha value is -1.39. The minimum Gasteiger partial charge on any atom is -0.327 e. The zero-order chi connectivity index (χ0) is 14.8. The summed E-state index contributed by atoms with van der Waals surface area (Å²) in [5, 5.41) is 2.83. The first kappa shape index (κ1) is 15.0. The maximum Gasteiger partial charge on any atom is 0.221 e. The van der Waals surface area contributed by atoms with Gasteiger partial charge in [-0.05, 0) is 29.5 Å². The molecule has 20 heavy (non-hydrogen) atoms. The number of piperidine rings is 1. The molecule has 1 aliphatic heterocycles. The van der Waals surface area contributed by atoms with Crippen LogP contribution in [0.25, 0.3) is 0 Å². The first-order valence-electron chi connectivity index (χ1n) is 7.21. The summed E-state index contributed by atoms with van der Waals surface area (Å²) in [6.07, 6.45) is 1.04. The lowest BCUT2D eigenvalue weighted by molar-refractivity contribution is -0.114. The maximum atomic E-state index is 11.1. The highest BCUT2D eigenvalue weighted by Crippen LogP contribution is 2.28. The van der Waals surface area contributed by atoms with Gasteiger partial charge in [0.15, 0.2) is 0 Å². The molecule has 3 N–H and O–H groups in total. The van der Waals surface area contributed by atoms with E-state index in [0.29, 0.717) is 0 Å². The summed E-state index contributed by atoms with van der Waals surface area (Å²) in [6.45, 7) is 8.95. The van der Waals surface area contributed by atoms with E-state index in [1.807, 2.05) is 18.2 Å². The summed E-state index contributed by atoms with van der Waals surface area (Å²) in [7, 11) is 0. The number of nitrogens with one attached hydrogen (secondary N) is 1. The number of carbonyl (C=O) groups excluding carboxylic acids is 1. The van der Waals surface area contributed by atoms with Gasteiger partial charge in [0.2, 0.25) is 5.91 Å². The van der Waals surface area contributed by atoms with Crippen molar-refractivity contribution < 1.29 is 4.79 Å². The second-order valence-electron chi connectivity index (χ2n) is 6.48. The largest absolute Gasteiger partial charge is 0.327 e. The Bertz CT molecular complexity index is 484. The Morgan fingerprint density at radius 3 is 2.90 bits per heavy atom. The smallest absolute Gasteiger partial charge is 0.221 e. The van der Waals surface area contributed by atoms with Gasteiger partial charge in [-0.15, -0.1) is 0 Å². The van der Waals surface area contributed by atoms with Gasteiger partial charge in [-0.25, -0.2) is 0 Å². The molecule has 0 bridgehead atoms. The fourth-order valence-corrected chi connectivity index (χ4v) is 2.83. The van der Waals surface area contributed by atoms with E-state index >= 15 is 0 Å². The summed E-state index contributed by atoms with van der Waals surface area (Å²) in [5.74, 6) is -0.0350. The zero-order valence-corrected chi connectivity index (χ0v) is 12.6. The van der Waals surface area contributed by atoms with Gasteiger partial charge in [0.05, 0.1) is 0 Å². The number of hydrogen-bond donors (Lipinski definition) is 2. The van der Waals surface area contributed by atoms with Crippen LogP contribution in [0.1, 0.15) is 32.8 Å². The molecule has 4 heteroatoms. The highest BCUT2D eigenvalue weighted by molar-refractivity contribution is 5.88. The maximum absolute atomic E-state index is 11.1. The topological polar surface area (TPSA) is 58.4 Å². The van der Waals surface area contributed by atoms with Gasteiger partial charge >= 0.3 is 0 Å². The predicted molar refractivity (Wildman–Crippen MR) is 82.4 cm³/mol. The lowest BCUT2D eigenvalue weighted by Crippen LogP contribution is -2.52. The molecule has 1 fully saturated rings. The van der Waals surface area contributed by atoms with Crippen molar-refractivity contribution in [3.05, 3.63) is 29.8 Å². The Morgan fingerprint density at radius 2 is 2.25 bits per heavy atom. The number of carbonyl (C=O) groups is 1. The van der Waals surface area contributed by atoms with Crippen LogP contribution in [-0.2, 0) is 11.3 Å². The van der Waals surface area contributed by atoms with E-state index in [1.54, 1.807) is 0 Å². The molecule has 1 aliphatic rings. The fraction of sp³-hybridized carbons (Fsp3) is 0.562. The molecular weight excluding hydrogens is 250 g/mol. The lowest BCUT2D eigenvalue weighted by atomic mass is 9.79. The van der Waals surface area contributed by atoms with Crippen molar-refractivity contribution >= 4 is 11.6 Å². The summed E-state index contributed by atoms with van der Waals surface area (Å²) in [4.78, 5) is 13.5. The van der Waals surface area contributed by atoms with E-state index in [-0.39, 0.29) is 17.4 Å². The van der Waals surface area contributed by atoms with Crippen LogP contribution in [-0.4, -0.2) is 29.9 Å². The Kier molecular flexibility index (Phi) is 4.45. The van der Waals surface area contributed by atoms with Crippen molar-refractivity contribution in [3.63, 3.8) is 0 Å². The molecule has 1 saturated heterocycles. The molecule has 0 aromatic heterocycles. The molecule has 0 saturated carbocycles. The van der Waals surface area contributed by atoms with E-state index in [0.717, 1.165) is 31.7 Å². The first-order valence-corrected chi connectivity index (χ1v) is 7.21. The van der Waals surface area contributed by atoms with Gasteiger partial charge in [0.25, 0.3) is 0 Å². The quantitative estimate of drug-likeness (QED) is 0.889. The highest BCUT2D eigenvalue weighted by Gasteiger charge is 2.33. The number of hydrogen-bond acceptors (Lipinski definition) is 3. The van der Waals surface area contributed by atoms with E-state index in [1.165, 1.54) is 12.5 Å². The predicted octanol–water partition coefficient (Wildman–Crippen LogP) is 2.20. The number of rotatable bonds is 3. The third kappa shape index (κ3) is 3.81. The first-order chi connectivity index (χ1) is 9.37. The number of anilines is 1. The third-order valence-corrected chi connectivity index (χ3v) is 4.04. The van der Waals surface area contributed by atoms with E-state index < -0.39 is 0 Å². The molecule has 1 aromatic carbocycles. The second-order valence-corrected chi connectivity index (χ2v) is 6.48. The van der Waals surface area contributed by atoms with Crippen LogP contribution in [0.15, 0.2) is 24.3 Å². The summed E-state index contributed by atoms with van der Waals surface area (Å²) in [6, 6.07) is 8.34. The van der Waals surface area contributed by atoms with Crippen molar-refractivity contribution in [1.82, 2.24) is 4.90 Å². The van der Waals surface area contributed by atoms with E-state index in [9.17, 15) is 4.79 Å². The van der Waals surface area contributed by atoms with Crippen LogP contribution in [0.5, 0.6) is 0 Å². The molecule has 1 amide bonds. The number of nitrogens with zero attached hydrogens (tertiary/aromatic N) is 1. The average molecular weight is 275 g/mol. The molecule has 2 rings (SSSR count). The van der Waals surface area contributed by atoms with Gasteiger partial charge in [-0.2, -0.15) is 0 Å². The summed E-state index contributed by atoms with van der Waals surface area (Å²) >= 11 is 0. The summed E-state index contributed by atoms with van der Waals surface area (Å²) in [5.41, 5.74) is 8.42. The molecule has 1 unspecified atom stereocenters. The lowest BCUT2D eigenvalue weighted by Gasteiger charge is -2.42. The normalized spacial score (nSPS) is 22.5. The standard InChI is InChI=1S/C16H25N3O/c1-12(20)18-14-6-4-5-13(9-14)10-19-8-7-15(17)16(2,3)11-19/h4-6,9,15H,7-8,10-11,17H2,1-3H3,(H,18,20). The van der Waals surface area contributed by atoms with E-state index in [4.69, 9.17) is 5.73 Å². The minimum atomic E-state index is -0.0350. The number of benzene rings is 1. The molecule has 0 aliphatic carbocycles. The average Bonchev–Trinajstić information content (AvgIpc) is 2.33. The SMILES string of the molecule is CC(=O)Nc1cccc(CN2CCC(N)C(C)(C)C2)c1. The van der Waals surface area contributed by atoms with Crippen molar-refractivity contribution in [3.8, 4) is 0 Å². The van der Waals surface area contributed by atoms with Crippen molar-refractivity contribution in [1.29, 1.82) is 0 Å². The van der Waals surface area contributed by atoms with Gasteiger partial charge in [0.1, 0.15) is 0 Å². The number of amides is 1. The highest BCUT2D eigenvalue weighted by atomic mass is 16.1. The Morgan fingerprint density at radius 1 is 1.50 bits per heavy atom. The molecule has 4 nitrogen and oxygen atoms in total. The minimum absolute atomic E-state index is 0.0350. The molecule has 1 aromatic rings. The number of nitrogens with two attached hydrogens (primary N) is 1. The van der Waals surface area contributed by atoms with Gasteiger partial charge in [0, 0.05) is 38.3 Å². The van der Waals surface area contributed by atoms with Crippen LogP contribution in [0.4, 0.5) is 5.69 Å². The summed E-state index contributed by atoms with van der Waals surface area (Å²) < 4.78 is 0. The van der Waals surface area contributed by atoms with Crippen molar-refractivity contribution in [2.45, 2.75) is 39.8 Å². The van der Waals surface area contributed by atoms with Crippen LogP contribution < -0.4 is 11.1 Å². The third-order valence-electron chi connectivity index (χ3n) is 4.04. The van der Waals surface area contributed by atoms with Crippen LogP contribution in [0.3, 0.4) is 0 Å². The Balaban J connectivity index is 2.01. The van der Waals surface area contributed by atoms with Gasteiger partial charge in [-0.3, -0.25) is 9.69 Å². The molecule has 0 spiro atoms. The van der Waals surface area contributed by atoms with Crippen molar-refractivity contribution in [2.24, 2.45) is 11.1 Å². The monoisotopic (exact) mass is 275 g/mol. The molecule has 0 radical (unpaired) electrons.